The van der Waals surface area contributed by atoms with Crippen LogP contribution in [-0.4, -0.2) is 18.5 Å². The van der Waals surface area contributed by atoms with Gasteiger partial charge in [0.05, 0.1) is 0 Å². The first-order chi connectivity index (χ1) is 7.84. The molecule has 0 radical (unpaired) electrons. The predicted octanol–water partition coefficient (Wildman–Crippen LogP) is 3.41. The molecule has 0 saturated heterocycles. The number of rotatable bonds is 3. The first-order valence-corrected chi connectivity index (χ1v) is 6.62. The summed E-state index contributed by atoms with van der Waals surface area (Å²) < 4.78 is 0. The van der Waals surface area contributed by atoms with Crippen LogP contribution < -0.4 is 0 Å². The average Bonchev–Trinajstić information content (AvgIpc) is 3.12. The fourth-order valence-corrected chi connectivity index (χ4v) is 3.02. The molecule has 16 heavy (non-hydrogen) atoms. The molecule has 2 aliphatic carbocycles. The van der Waals surface area contributed by atoms with Crippen molar-refractivity contribution in [3.8, 4) is 0 Å². The van der Waals surface area contributed by atoms with Crippen LogP contribution in [0.2, 0.25) is 0 Å². The van der Waals surface area contributed by atoms with Gasteiger partial charge in [0, 0.05) is 12.6 Å². The molecule has 1 nitrogen and oxygen atoms in total. The van der Waals surface area contributed by atoms with E-state index in [0.717, 1.165) is 5.92 Å². The molecule has 2 aliphatic rings. The van der Waals surface area contributed by atoms with Crippen molar-refractivity contribution in [2.75, 3.05) is 13.6 Å². The molecule has 1 atom stereocenters. The third-order valence-electron chi connectivity index (χ3n) is 4.11. The Bertz CT molecular complexity index is 367. The Morgan fingerprint density at radius 1 is 1.19 bits per heavy atom. The Hall–Kier alpha value is -0.820. The van der Waals surface area contributed by atoms with Gasteiger partial charge < -0.3 is 0 Å². The number of benzene rings is 1. The molecule has 0 N–H and O–H groups in total. The van der Waals surface area contributed by atoms with Gasteiger partial charge in [-0.05, 0) is 56.2 Å². The van der Waals surface area contributed by atoms with E-state index >= 15 is 0 Å². The topological polar surface area (TPSA) is 3.24 Å². The van der Waals surface area contributed by atoms with E-state index in [0.29, 0.717) is 6.04 Å². The third-order valence-corrected chi connectivity index (χ3v) is 4.11. The van der Waals surface area contributed by atoms with Crippen molar-refractivity contribution in [2.45, 2.75) is 38.1 Å². The lowest BCUT2D eigenvalue weighted by atomic mass is 9.87. The molecule has 1 fully saturated rings. The standard InChI is InChI=1S/C15H21N/c1-16(11-12-9-10-12)15-8-4-6-13-5-2-3-7-14(13)15/h2-3,5,7,12,15H,4,6,8-11H2,1H3. The minimum Gasteiger partial charge on any atom is -0.299 e. The average molecular weight is 215 g/mol. The molecular formula is C15H21N. The summed E-state index contributed by atoms with van der Waals surface area (Å²) >= 11 is 0. The molecule has 1 heteroatoms. The summed E-state index contributed by atoms with van der Waals surface area (Å²) in [5.74, 6) is 0.999. The van der Waals surface area contributed by atoms with E-state index in [2.05, 4.69) is 36.2 Å². The molecule has 0 aliphatic heterocycles. The predicted molar refractivity (Wildman–Crippen MR) is 67.5 cm³/mol. The lowest BCUT2D eigenvalue weighted by Crippen LogP contribution is -2.29. The van der Waals surface area contributed by atoms with Crippen molar-refractivity contribution in [2.24, 2.45) is 5.92 Å². The fraction of sp³-hybridized carbons (Fsp3) is 0.600. The Kier molecular flexibility index (Phi) is 2.72. The molecule has 3 rings (SSSR count). The molecule has 0 aromatic heterocycles. The number of fused-ring (bicyclic) bond motifs is 1. The monoisotopic (exact) mass is 215 g/mol. The second-order valence-electron chi connectivity index (χ2n) is 5.49. The van der Waals surface area contributed by atoms with Gasteiger partial charge in [0.25, 0.3) is 0 Å². The molecule has 0 amide bonds. The van der Waals surface area contributed by atoms with Crippen LogP contribution in [0.1, 0.15) is 42.9 Å². The maximum Gasteiger partial charge on any atom is 0.0348 e. The lowest BCUT2D eigenvalue weighted by Gasteiger charge is -2.33. The SMILES string of the molecule is CN(CC1CC1)C1CCCc2ccccc21. The Labute approximate surface area is 98.5 Å². The van der Waals surface area contributed by atoms with Crippen molar-refractivity contribution in [1.29, 1.82) is 0 Å². The normalized spacial score (nSPS) is 24.5. The van der Waals surface area contributed by atoms with Gasteiger partial charge in [-0.1, -0.05) is 24.3 Å². The van der Waals surface area contributed by atoms with E-state index in [9.17, 15) is 0 Å². The third kappa shape index (κ3) is 2.01. The number of nitrogens with zero attached hydrogens (tertiary/aromatic N) is 1. The van der Waals surface area contributed by atoms with Gasteiger partial charge in [0.1, 0.15) is 0 Å². The highest BCUT2D eigenvalue weighted by Gasteiger charge is 2.28. The van der Waals surface area contributed by atoms with Gasteiger partial charge in [0.2, 0.25) is 0 Å². The molecule has 1 aromatic rings. The maximum absolute atomic E-state index is 2.59. The molecule has 1 unspecified atom stereocenters. The van der Waals surface area contributed by atoms with Gasteiger partial charge in [-0.15, -0.1) is 0 Å². The van der Waals surface area contributed by atoms with Crippen LogP contribution in [-0.2, 0) is 6.42 Å². The van der Waals surface area contributed by atoms with Gasteiger partial charge in [-0.25, -0.2) is 0 Å². The summed E-state index contributed by atoms with van der Waals surface area (Å²) in [6.07, 6.45) is 6.90. The number of hydrogen-bond acceptors (Lipinski definition) is 1. The van der Waals surface area contributed by atoms with E-state index in [1.165, 1.54) is 38.6 Å². The minimum absolute atomic E-state index is 0.686. The fourth-order valence-electron chi connectivity index (χ4n) is 3.02. The van der Waals surface area contributed by atoms with Crippen LogP contribution in [0.25, 0.3) is 0 Å². The Morgan fingerprint density at radius 2 is 2.00 bits per heavy atom. The second kappa shape index (κ2) is 4.21. The van der Waals surface area contributed by atoms with E-state index in [1.807, 2.05) is 0 Å². The summed E-state index contributed by atoms with van der Waals surface area (Å²) in [6, 6.07) is 9.71. The van der Waals surface area contributed by atoms with Gasteiger partial charge >= 0.3 is 0 Å². The highest BCUT2D eigenvalue weighted by atomic mass is 15.1. The van der Waals surface area contributed by atoms with E-state index in [4.69, 9.17) is 0 Å². The van der Waals surface area contributed by atoms with Crippen LogP contribution >= 0.6 is 0 Å². The van der Waals surface area contributed by atoms with Crippen molar-refractivity contribution >= 4 is 0 Å². The lowest BCUT2D eigenvalue weighted by molar-refractivity contribution is 0.213. The van der Waals surface area contributed by atoms with E-state index in [-0.39, 0.29) is 0 Å². The number of aryl methyl sites for hydroxylation is 1. The summed E-state index contributed by atoms with van der Waals surface area (Å²) in [4.78, 5) is 2.59. The zero-order valence-electron chi connectivity index (χ0n) is 10.2. The van der Waals surface area contributed by atoms with Crippen LogP contribution in [0, 0.1) is 5.92 Å². The van der Waals surface area contributed by atoms with Crippen molar-refractivity contribution in [1.82, 2.24) is 4.90 Å². The van der Waals surface area contributed by atoms with Crippen LogP contribution in [0.15, 0.2) is 24.3 Å². The van der Waals surface area contributed by atoms with Crippen LogP contribution in [0.4, 0.5) is 0 Å². The zero-order valence-corrected chi connectivity index (χ0v) is 10.2. The molecule has 1 saturated carbocycles. The minimum atomic E-state index is 0.686. The molecule has 1 aromatic carbocycles. The first-order valence-electron chi connectivity index (χ1n) is 6.62. The summed E-state index contributed by atoms with van der Waals surface area (Å²) in [6.45, 7) is 1.30. The second-order valence-corrected chi connectivity index (χ2v) is 5.49. The van der Waals surface area contributed by atoms with Crippen LogP contribution in [0.5, 0.6) is 0 Å². The number of hydrogen-bond donors (Lipinski definition) is 0. The molecule has 0 heterocycles. The molecule has 86 valence electrons. The summed E-state index contributed by atoms with van der Waals surface area (Å²) in [5.41, 5.74) is 3.18. The molecule has 0 bridgehead atoms. The van der Waals surface area contributed by atoms with E-state index in [1.54, 1.807) is 11.1 Å². The maximum atomic E-state index is 2.59. The molecule has 0 spiro atoms. The summed E-state index contributed by atoms with van der Waals surface area (Å²) in [5, 5.41) is 0. The highest BCUT2D eigenvalue weighted by Crippen LogP contribution is 2.37. The quantitative estimate of drug-likeness (QED) is 0.747. The van der Waals surface area contributed by atoms with E-state index < -0.39 is 0 Å². The zero-order chi connectivity index (χ0) is 11.0. The van der Waals surface area contributed by atoms with Gasteiger partial charge in [-0.2, -0.15) is 0 Å². The Morgan fingerprint density at radius 3 is 2.81 bits per heavy atom. The van der Waals surface area contributed by atoms with Gasteiger partial charge in [0.15, 0.2) is 0 Å². The molecular weight excluding hydrogens is 194 g/mol. The first kappa shape index (κ1) is 10.3. The van der Waals surface area contributed by atoms with Gasteiger partial charge in [-0.3, -0.25) is 4.90 Å². The van der Waals surface area contributed by atoms with Crippen LogP contribution in [0.3, 0.4) is 0 Å². The van der Waals surface area contributed by atoms with Crippen molar-refractivity contribution in [3.05, 3.63) is 35.4 Å². The Balaban J connectivity index is 1.80. The summed E-state index contributed by atoms with van der Waals surface area (Å²) in [7, 11) is 2.31. The highest BCUT2D eigenvalue weighted by molar-refractivity contribution is 5.32. The smallest absolute Gasteiger partial charge is 0.0348 e. The van der Waals surface area contributed by atoms with Crippen molar-refractivity contribution in [3.63, 3.8) is 0 Å². The largest absolute Gasteiger partial charge is 0.299 e. The van der Waals surface area contributed by atoms with Crippen molar-refractivity contribution < 1.29 is 0 Å².